The van der Waals surface area contributed by atoms with E-state index in [1.807, 2.05) is 18.7 Å². The second-order valence-electron chi connectivity index (χ2n) is 5.90. The molecule has 0 aromatic carbocycles. The molecule has 0 fully saturated rings. The van der Waals surface area contributed by atoms with Gasteiger partial charge in [-0.1, -0.05) is 20.8 Å². The highest BCUT2D eigenvalue weighted by atomic mass is 16.3. The van der Waals surface area contributed by atoms with Gasteiger partial charge in [-0.05, 0) is 32.3 Å². The van der Waals surface area contributed by atoms with Gasteiger partial charge in [-0.25, -0.2) is 0 Å². The van der Waals surface area contributed by atoms with Crippen LogP contribution in [0.25, 0.3) is 0 Å². The molecule has 130 valence electrons. The Hall–Kier alpha value is -1.78. The van der Waals surface area contributed by atoms with E-state index in [0.717, 1.165) is 32.4 Å². The van der Waals surface area contributed by atoms with Crippen LogP contribution in [0.1, 0.15) is 63.7 Å². The van der Waals surface area contributed by atoms with Crippen LogP contribution in [0.4, 0.5) is 0 Å². The van der Waals surface area contributed by atoms with Crippen molar-refractivity contribution < 1.29 is 14.0 Å². The smallest absolute Gasteiger partial charge is 0.257 e. The van der Waals surface area contributed by atoms with Gasteiger partial charge in [-0.15, -0.1) is 0 Å². The monoisotopic (exact) mass is 322 g/mol. The third-order valence-electron chi connectivity index (χ3n) is 4.06. The molecule has 0 unspecified atom stereocenters. The standard InChI is InChI=1S/C18H30N2O3/c1-5-10-19(11-6-2)17(21)8-12-20(15(4)7-3)18(22)16-9-13-23-14-16/h9,13-15H,5-8,10-12H2,1-4H3/t15-/m1/s1. The number of furan rings is 1. The lowest BCUT2D eigenvalue weighted by Crippen LogP contribution is -2.41. The predicted octanol–water partition coefficient (Wildman–Crippen LogP) is 3.56. The second-order valence-corrected chi connectivity index (χ2v) is 5.90. The van der Waals surface area contributed by atoms with E-state index in [4.69, 9.17) is 4.42 Å². The van der Waals surface area contributed by atoms with E-state index in [-0.39, 0.29) is 17.9 Å². The quantitative estimate of drug-likeness (QED) is 0.662. The van der Waals surface area contributed by atoms with Crippen molar-refractivity contribution in [1.82, 2.24) is 9.80 Å². The number of nitrogens with zero attached hydrogens (tertiary/aromatic N) is 2. The van der Waals surface area contributed by atoms with Crippen LogP contribution in [0.2, 0.25) is 0 Å². The van der Waals surface area contributed by atoms with Gasteiger partial charge in [-0.3, -0.25) is 9.59 Å². The van der Waals surface area contributed by atoms with Gasteiger partial charge in [0.15, 0.2) is 0 Å². The zero-order valence-corrected chi connectivity index (χ0v) is 14.9. The average Bonchev–Trinajstić information content (AvgIpc) is 3.08. The highest BCUT2D eigenvalue weighted by Gasteiger charge is 2.23. The first kappa shape index (κ1) is 19.3. The highest BCUT2D eigenvalue weighted by Crippen LogP contribution is 2.13. The summed E-state index contributed by atoms with van der Waals surface area (Å²) < 4.78 is 5.00. The molecule has 0 spiro atoms. The normalized spacial score (nSPS) is 12.0. The number of carbonyl (C=O) groups excluding carboxylic acids is 2. The fraction of sp³-hybridized carbons (Fsp3) is 0.667. The van der Waals surface area contributed by atoms with Crippen molar-refractivity contribution in [2.75, 3.05) is 19.6 Å². The number of rotatable bonds is 10. The summed E-state index contributed by atoms with van der Waals surface area (Å²) in [4.78, 5) is 28.7. The van der Waals surface area contributed by atoms with Crippen molar-refractivity contribution in [3.05, 3.63) is 24.2 Å². The maximum Gasteiger partial charge on any atom is 0.257 e. The van der Waals surface area contributed by atoms with E-state index < -0.39 is 0 Å². The maximum absolute atomic E-state index is 12.6. The molecule has 1 heterocycles. The van der Waals surface area contributed by atoms with E-state index in [2.05, 4.69) is 13.8 Å². The largest absolute Gasteiger partial charge is 0.472 e. The number of carbonyl (C=O) groups is 2. The molecule has 0 radical (unpaired) electrons. The SMILES string of the molecule is CCCN(CCC)C(=O)CCN(C(=O)c1ccoc1)[C@H](C)CC. The summed E-state index contributed by atoms with van der Waals surface area (Å²) >= 11 is 0. The summed E-state index contributed by atoms with van der Waals surface area (Å²) in [7, 11) is 0. The molecule has 1 aromatic rings. The van der Waals surface area contributed by atoms with Crippen LogP contribution >= 0.6 is 0 Å². The molecule has 0 N–H and O–H groups in total. The fourth-order valence-electron chi connectivity index (χ4n) is 2.57. The first-order chi connectivity index (χ1) is 11.0. The van der Waals surface area contributed by atoms with Crippen LogP contribution in [0.15, 0.2) is 23.0 Å². The van der Waals surface area contributed by atoms with Crippen molar-refractivity contribution in [2.45, 2.75) is 59.4 Å². The Morgan fingerprint density at radius 2 is 1.78 bits per heavy atom. The molecule has 1 aromatic heterocycles. The predicted molar refractivity (Wildman–Crippen MR) is 91.3 cm³/mol. The molecule has 1 atom stereocenters. The minimum absolute atomic E-state index is 0.0709. The zero-order valence-electron chi connectivity index (χ0n) is 14.9. The summed E-state index contributed by atoms with van der Waals surface area (Å²) in [5.74, 6) is 0.0560. The number of amides is 2. The van der Waals surface area contributed by atoms with E-state index in [1.54, 1.807) is 11.0 Å². The molecule has 5 nitrogen and oxygen atoms in total. The van der Waals surface area contributed by atoms with Gasteiger partial charge in [0, 0.05) is 32.1 Å². The summed E-state index contributed by atoms with van der Waals surface area (Å²) in [6, 6.07) is 1.76. The van der Waals surface area contributed by atoms with Gasteiger partial charge in [0.05, 0.1) is 11.8 Å². The van der Waals surface area contributed by atoms with Gasteiger partial charge in [0.1, 0.15) is 6.26 Å². The third-order valence-corrected chi connectivity index (χ3v) is 4.06. The van der Waals surface area contributed by atoms with E-state index in [0.29, 0.717) is 18.5 Å². The van der Waals surface area contributed by atoms with Crippen molar-refractivity contribution in [2.24, 2.45) is 0 Å². The van der Waals surface area contributed by atoms with Crippen LogP contribution < -0.4 is 0 Å². The lowest BCUT2D eigenvalue weighted by Gasteiger charge is -2.29. The van der Waals surface area contributed by atoms with E-state index >= 15 is 0 Å². The summed E-state index contributed by atoms with van der Waals surface area (Å²) in [5.41, 5.74) is 0.539. The third kappa shape index (κ3) is 5.73. The average molecular weight is 322 g/mol. The van der Waals surface area contributed by atoms with Crippen molar-refractivity contribution in [3.8, 4) is 0 Å². The zero-order chi connectivity index (χ0) is 17.2. The molecule has 1 rings (SSSR count). The number of hydrogen-bond donors (Lipinski definition) is 0. The summed E-state index contributed by atoms with van der Waals surface area (Å²) in [6.07, 6.45) is 6.08. The molecule has 2 amide bonds. The Morgan fingerprint density at radius 3 is 2.26 bits per heavy atom. The number of hydrogen-bond acceptors (Lipinski definition) is 3. The lowest BCUT2D eigenvalue weighted by molar-refractivity contribution is -0.131. The van der Waals surface area contributed by atoms with Crippen molar-refractivity contribution in [3.63, 3.8) is 0 Å². The molecule has 0 aliphatic heterocycles. The summed E-state index contributed by atoms with van der Waals surface area (Å²) in [5, 5.41) is 0. The van der Waals surface area contributed by atoms with Crippen LogP contribution in [-0.2, 0) is 4.79 Å². The molecule has 23 heavy (non-hydrogen) atoms. The Labute approximate surface area is 139 Å². The molecule has 0 aliphatic rings. The van der Waals surface area contributed by atoms with Gasteiger partial charge in [0.25, 0.3) is 5.91 Å². The van der Waals surface area contributed by atoms with E-state index in [1.165, 1.54) is 12.5 Å². The molecular weight excluding hydrogens is 292 g/mol. The Kier molecular flexibility index (Phi) is 8.45. The van der Waals surface area contributed by atoms with Crippen LogP contribution in [0.3, 0.4) is 0 Å². The lowest BCUT2D eigenvalue weighted by atomic mass is 10.1. The first-order valence-corrected chi connectivity index (χ1v) is 8.65. The molecule has 5 heteroatoms. The molecule has 0 saturated carbocycles. The highest BCUT2D eigenvalue weighted by molar-refractivity contribution is 5.94. The van der Waals surface area contributed by atoms with Gasteiger partial charge >= 0.3 is 0 Å². The van der Waals surface area contributed by atoms with Crippen LogP contribution in [0, 0.1) is 0 Å². The summed E-state index contributed by atoms with van der Waals surface area (Å²) in [6.45, 7) is 10.2. The molecular formula is C18H30N2O3. The fourth-order valence-corrected chi connectivity index (χ4v) is 2.57. The van der Waals surface area contributed by atoms with Gasteiger partial charge < -0.3 is 14.2 Å². The maximum atomic E-state index is 12.6. The van der Waals surface area contributed by atoms with Crippen molar-refractivity contribution in [1.29, 1.82) is 0 Å². The Morgan fingerprint density at radius 1 is 1.13 bits per heavy atom. The van der Waals surface area contributed by atoms with Crippen molar-refractivity contribution >= 4 is 11.8 Å². The first-order valence-electron chi connectivity index (χ1n) is 8.65. The minimum atomic E-state index is -0.0709. The topological polar surface area (TPSA) is 53.8 Å². The Balaban J connectivity index is 2.70. The van der Waals surface area contributed by atoms with E-state index in [9.17, 15) is 9.59 Å². The second kappa shape index (κ2) is 10.1. The Bertz CT molecular complexity index is 465. The molecule has 0 saturated heterocycles. The van der Waals surface area contributed by atoms with Gasteiger partial charge in [0.2, 0.25) is 5.91 Å². The minimum Gasteiger partial charge on any atom is -0.472 e. The van der Waals surface area contributed by atoms with Crippen LogP contribution in [0.5, 0.6) is 0 Å². The van der Waals surface area contributed by atoms with Gasteiger partial charge in [-0.2, -0.15) is 0 Å². The molecule has 0 bridgehead atoms. The molecule has 0 aliphatic carbocycles. The van der Waals surface area contributed by atoms with Crippen LogP contribution in [-0.4, -0.2) is 47.3 Å².